The predicted molar refractivity (Wildman–Crippen MR) is 296 cm³/mol. The molecular formula is C67H33F6N7. The standard InChI is InChI=1S/C67H33F6N7/c68-66(69,70)48-21-22-53(59(32-48)67(71,72)73)54-33-65(80-62-25-19-41(51-15-7-3-11-45(51)36-76)29-57(62)58-30-42(20-26-63(58)80)52-16-8-4-12-46(52)37-77)64(31-47(54)38-78)79-60-23-17-39(49-13-5-1-9-43(49)34-74)27-55(60)56-28-40(18-24-61(56)79)50-14-6-2-10-44(50)35-75/h1-33H. The first-order valence-corrected chi connectivity index (χ1v) is 24.7. The zero-order chi connectivity index (χ0) is 55.6. The lowest BCUT2D eigenvalue weighted by atomic mass is 9.92. The van der Waals surface area contributed by atoms with Crippen LogP contribution in [0.15, 0.2) is 200 Å². The van der Waals surface area contributed by atoms with Gasteiger partial charge in [-0.1, -0.05) is 103 Å². The van der Waals surface area contributed by atoms with E-state index in [1.807, 2.05) is 130 Å². The lowest BCUT2D eigenvalue weighted by Gasteiger charge is -2.21. The summed E-state index contributed by atoms with van der Waals surface area (Å²) >= 11 is 0. The molecule has 80 heavy (non-hydrogen) atoms. The highest BCUT2D eigenvalue weighted by molar-refractivity contribution is 6.14. The Balaban J connectivity index is 1.24. The molecule has 0 aliphatic rings. The number of alkyl halides is 6. The van der Waals surface area contributed by atoms with E-state index < -0.39 is 29.0 Å². The maximum absolute atomic E-state index is 15.3. The van der Waals surface area contributed by atoms with E-state index in [1.165, 1.54) is 12.1 Å². The van der Waals surface area contributed by atoms with Crippen LogP contribution in [0.4, 0.5) is 26.3 Å². The third-order valence-electron chi connectivity index (χ3n) is 14.6. The summed E-state index contributed by atoms with van der Waals surface area (Å²) in [7, 11) is 0. The van der Waals surface area contributed by atoms with Crippen LogP contribution in [0.25, 0.3) is 111 Å². The highest BCUT2D eigenvalue weighted by Crippen LogP contribution is 2.47. The molecule has 0 spiro atoms. The van der Waals surface area contributed by atoms with Gasteiger partial charge in [-0.2, -0.15) is 52.7 Å². The molecule has 12 rings (SSSR count). The zero-order valence-electron chi connectivity index (χ0n) is 41.5. The molecule has 10 aromatic carbocycles. The minimum Gasteiger partial charge on any atom is -0.307 e. The van der Waals surface area contributed by atoms with Gasteiger partial charge in [-0.25, -0.2) is 0 Å². The van der Waals surface area contributed by atoms with Gasteiger partial charge in [-0.3, -0.25) is 0 Å². The van der Waals surface area contributed by atoms with E-state index in [9.17, 15) is 39.5 Å². The van der Waals surface area contributed by atoms with Gasteiger partial charge >= 0.3 is 12.4 Å². The molecular weight excluding hydrogens is 1020 g/mol. The first-order valence-electron chi connectivity index (χ1n) is 24.7. The Kier molecular flexibility index (Phi) is 11.9. The third-order valence-corrected chi connectivity index (χ3v) is 14.6. The van der Waals surface area contributed by atoms with Crippen molar-refractivity contribution in [3.8, 4) is 97.4 Å². The molecule has 0 radical (unpaired) electrons. The van der Waals surface area contributed by atoms with Crippen LogP contribution in [0.2, 0.25) is 0 Å². The zero-order valence-corrected chi connectivity index (χ0v) is 41.5. The van der Waals surface area contributed by atoms with Crippen LogP contribution < -0.4 is 0 Å². The maximum atomic E-state index is 15.3. The fraction of sp³-hybridized carbons (Fsp3) is 0.0299. The number of hydrogen-bond donors (Lipinski definition) is 0. The highest BCUT2D eigenvalue weighted by Gasteiger charge is 2.39. The highest BCUT2D eigenvalue weighted by atomic mass is 19.4. The molecule has 0 atom stereocenters. The van der Waals surface area contributed by atoms with Gasteiger partial charge in [-0.05, 0) is 147 Å². The molecule has 2 heterocycles. The summed E-state index contributed by atoms with van der Waals surface area (Å²) in [5, 5.41) is 54.6. The SMILES string of the molecule is N#Cc1ccccc1-c1ccc2c(c1)c1cc(-c3ccccc3C#N)ccc1n2-c1cc(C#N)c(-c2ccc(C(F)(F)F)cc2C(F)(F)F)cc1-n1c2ccc(-c3ccccc3C#N)cc2c2cc(-c3ccccc3C#N)ccc21. The van der Waals surface area contributed by atoms with Gasteiger partial charge in [0.2, 0.25) is 0 Å². The molecule has 7 nitrogen and oxygen atoms in total. The van der Waals surface area contributed by atoms with Gasteiger partial charge in [0.05, 0.1) is 103 Å². The van der Waals surface area contributed by atoms with Crippen molar-refractivity contribution in [3.05, 3.63) is 239 Å². The average molecular weight is 1050 g/mol. The normalized spacial score (nSPS) is 11.6. The fourth-order valence-corrected chi connectivity index (χ4v) is 11.0. The first-order chi connectivity index (χ1) is 38.7. The summed E-state index contributed by atoms with van der Waals surface area (Å²) < 4.78 is 92.4. The molecule has 0 aliphatic carbocycles. The summed E-state index contributed by atoms with van der Waals surface area (Å²) in [6.07, 6.45) is -10.4. The largest absolute Gasteiger partial charge is 0.417 e. The number of fused-ring (bicyclic) bond motifs is 6. The molecule has 0 fully saturated rings. The van der Waals surface area contributed by atoms with E-state index in [0.29, 0.717) is 116 Å². The van der Waals surface area contributed by atoms with E-state index in [1.54, 1.807) is 48.5 Å². The van der Waals surface area contributed by atoms with Gasteiger partial charge in [0, 0.05) is 27.1 Å². The van der Waals surface area contributed by atoms with Crippen LogP contribution in [0.5, 0.6) is 0 Å². The van der Waals surface area contributed by atoms with Crippen LogP contribution >= 0.6 is 0 Å². The number of hydrogen-bond acceptors (Lipinski definition) is 5. The Labute approximate surface area is 452 Å². The van der Waals surface area contributed by atoms with Gasteiger partial charge in [0.25, 0.3) is 0 Å². The smallest absolute Gasteiger partial charge is 0.307 e. The number of nitriles is 5. The molecule has 0 aliphatic heterocycles. The Bertz CT molecular complexity index is 4600. The van der Waals surface area contributed by atoms with E-state index in [4.69, 9.17) is 0 Å². The molecule has 12 aromatic rings. The first kappa shape index (κ1) is 49.7. The monoisotopic (exact) mass is 1050 g/mol. The number of aromatic nitrogens is 2. The van der Waals surface area contributed by atoms with Gasteiger partial charge < -0.3 is 9.13 Å². The third kappa shape index (κ3) is 8.21. The summed E-state index contributed by atoms with van der Waals surface area (Å²) in [6.45, 7) is 0. The molecule has 13 heteroatoms. The molecule has 0 bridgehead atoms. The van der Waals surface area contributed by atoms with Crippen molar-refractivity contribution < 1.29 is 26.3 Å². The Morgan fingerprint density at radius 3 is 0.925 bits per heavy atom. The van der Waals surface area contributed by atoms with Crippen LogP contribution in [0, 0.1) is 56.7 Å². The number of rotatable bonds is 7. The fourth-order valence-electron chi connectivity index (χ4n) is 11.0. The van der Waals surface area contributed by atoms with Crippen LogP contribution in [0.1, 0.15) is 38.9 Å². The summed E-state index contributed by atoms with van der Waals surface area (Å²) in [5.41, 5.74) is 5.26. The number of nitrogens with zero attached hydrogens (tertiary/aromatic N) is 7. The van der Waals surface area contributed by atoms with E-state index in [2.05, 4.69) is 30.3 Å². The maximum Gasteiger partial charge on any atom is 0.417 e. The van der Waals surface area contributed by atoms with Crippen LogP contribution in [-0.2, 0) is 12.4 Å². The minimum absolute atomic E-state index is 0.0583. The second-order valence-electron chi connectivity index (χ2n) is 19.0. The number of halogens is 6. The van der Waals surface area contributed by atoms with Gasteiger partial charge in [-0.15, -0.1) is 0 Å². The van der Waals surface area contributed by atoms with Crippen LogP contribution in [-0.4, -0.2) is 9.13 Å². The van der Waals surface area contributed by atoms with Crippen molar-refractivity contribution in [2.45, 2.75) is 12.4 Å². The molecule has 0 N–H and O–H groups in total. The number of benzene rings is 10. The van der Waals surface area contributed by atoms with Crippen molar-refractivity contribution in [1.29, 1.82) is 26.3 Å². The van der Waals surface area contributed by atoms with E-state index in [-0.39, 0.29) is 28.6 Å². The second kappa shape index (κ2) is 19.1. The summed E-state index contributed by atoms with van der Waals surface area (Å²) in [5.74, 6) is 0. The average Bonchev–Trinajstić information content (AvgIpc) is 3.56. The van der Waals surface area contributed by atoms with Crippen LogP contribution in [0.3, 0.4) is 0 Å². The van der Waals surface area contributed by atoms with Crippen molar-refractivity contribution in [2.24, 2.45) is 0 Å². The van der Waals surface area contributed by atoms with E-state index in [0.717, 1.165) is 6.07 Å². The molecule has 2 aromatic heterocycles. The quantitative estimate of drug-likeness (QED) is 0.147. The van der Waals surface area contributed by atoms with Crippen molar-refractivity contribution in [1.82, 2.24) is 9.13 Å². The Morgan fingerprint density at radius 1 is 0.287 bits per heavy atom. The molecule has 0 unspecified atom stereocenters. The molecule has 0 saturated heterocycles. The summed E-state index contributed by atoms with van der Waals surface area (Å²) in [6, 6.07) is 66.2. The predicted octanol–water partition coefficient (Wildman–Crippen LogP) is 17.6. The summed E-state index contributed by atoms with van der Waals surface area (Å²) in [4.78, 5) is 0. The lowest BCUT2D eigenvalue weighted by Crippen LogP contribution is -2.13. The van der Waals surface area contributed by atoms with Crippen molar-refractivity contribution in [3.63, 3.8) is 0 Å². The molecule has 378 valence electrons. The molecule has 0 saturated carbocycles. The lowest BCUT2D eigenvalue weighted by molar-refractivity contribution is -0.142. The topological polar surface area (TPSA) is 129 Å². The Morgan fingerprint density at radius 2 is 0.613 bits per heavy atom. The van der Waals surface area contributed by atoms with Gasteiger partial charge in [0.15, 0.2) is 0 Å². The van der Waals surface area contributed by atoms with Crippen molar-refractivity contribution in [2.75, 3.05) is 0 Å². The van der Waals surface area contributed by atoms with Gasteiger partial charge in [0.1, 0.15) is 0 Å². The minimum atomic E-state index is -5.31. The second-order valence-corrected chi connectivity index (χ2v) is 19.0. The van der Waals surface area contributed by atoms with E-state index >= 15 is 13.2 Å². The molecule has 0 amide bonds. The Hall–Kier alpha value is -11.2. The van der Waals surface area contributed by atoms with Crippen molar-refractivity contribution >= 4 is 43.6 Å².